The van der Waals surface area contributed by atoms with Gasteiger partial charge in [-0.15, -0.1) is 0 Å². The number of fused-ring (bicyclic) bond motifs is 2. The maximum Gasteiger partial charge on any atom is 0.412 e. The second-order valence-electron chi connectivity index (χ2n) is 4.90. The van der Waals surface area contributed by atoms with Gasteiger partial charge >= 0.3 is 6.09 Å². The molecule has 1 aromatic carbocycles. The van der Waals surface area contributed by atoms with E-state index in [1.54, 1.807) is 6.07 Å². The van der Waals surface area contributed by atoms with Crippen LogP contribution in [0.4, 0.5) is 10.5 Å². The van der Waals surface area contributed by atoms with E-state index in [4.69, 9.17) is 4.74 Å². The number of amides is 1. The van der Waals surface area contributed by atoms with Crippen LogP contribution in [0.15, 0.2) is 24.3 Å². The number of carbonyl (C=O) groups is 1. The van der Waals surface area contributed by atoms with Crippen LogP contribution < -0.4 is 5.32 Å². The molecular weight excluding hydrogens is 268 g/mol. The van der Waals surface area contributed by atoms with E-state index in [2.05, 4.69) is 5.32 Å². The highest BCUT2D eigenvalue weighted by Crippen LogP contribution is 2.43. The summed E-state index contributed by atoms with van der Waals surface area (Å²) in [6.45, 7) is 0.538. The van der Waals surface area contributed by atoms with Gasteiger partial charge < -0.3 is 4.74 Å². The summed E-state index contributed by atoms with van der Waals surface area (Å²) in [5.74, 6) is 0. The minimum atomic E-state index is -3.28. The Morgan fingerprint density at radius 3 is 2.79 bits per heavy atom. The zero-order valence-electron chi connectivity index (χ0n) is 10.4. The molecule has 1 atom stereocenters. The van der Waals surface area contributed by atoms with Crippen molar-refractivity contribution < 1.29 is 17.9 Å². The third-order valence-electron chi connectivity index (χ3n) is 3.61. The number of nitrogens with zero attached hydrogens (tertiary/aromatic N) is 1. The van der Waals surface area contributed by atoms with Gasteiger partial charge in [0.1, 0.15) is 0 Å². The van der Waals surface area contributed by atoms with Crippen molar-refractivity contribution in [1.29, 1.82) is 0 Å². The van der Waals surface area contributed by atoms with Crippen molar-refractivity contribution in [1.82, 2.24) is 4.31 Å². The second-order valence-corrected chi connectivity index (χ2v) is 6.88. The largest absolute Gasteiger partial charge is 0.436 e. The van der Waals surface area contributed by atoms with Crippen molar-refractivity contribution in [3.63, 3.8) is 0 Å². The van der Waals surface area contributed by atoms with E-state index >= 15 is 0 Å². The Labute approximate surface area is 111 Å². The minimum absolute atomic E-state index is 0.177. The number of sulfonamides is 1. The molecule has 102 valence electrons. The Hall–Kier alpha value is -1.60. The van der Waals surface area contributed by atoms with Gasteiger partial charge in [-0.1, -0.05) is 18.2 Å². The molecule has 1 spiro atoms. The molecule has 2 heterocycles. The molecule has 2 aliphatic heterocycles. The Kier molecular flexibility index (Phi) is 2.58. The number of hydrogen-bond acceptors (Lipinski definition) is 4. The number of benzene rings is 1. The van der Waals surface area contributed by atoms with Crippen molar-refractivity contribution in [3.8, 4) is 0 Å². The van der Waals surface area contributed by atoms with Crippen LogP contribution in [0.5, 0.6) is 0 Å². The molecular formula is C12H14N2O4S. The van der Waals surface area contributed by atoms with Gasteiger partial charge in [0, 0.05) is 18.5 Å². The molecule has 1 fully saturated rings. The molecule has 1 aromatic rings. The first-order chi connectivity index (χ1) is 8.91. The van der Waals surface area contributed by atoms with E-state index in [-0.39, 0.29) is 6.54 Å². The lowest BCUT2D eigenvalue weighted by Crippen LogP contribution is -2.42. The van der Waals surface area contributed by atoms with E-state index in [0.29, 0.717) is 18.7 Å². The molecule has 1 saturated heterocycles. The maximum absolute atomic E-state index is 11.6. The first kappa shape index (κ1) is 12.4. The maximum atomic E-state index is 11.6. The summed E-state index contributed by atoms with van der Waals surface area (Å²) >= 11 is 0. The first-order valence-electron chi connectivity index (χ1n) is 5.95. The van der Waals surface area contributed by atoms with E-state index in [1.165, 1.54) is 10.6 Å². The van der Waals surface area contributed by atoms with Gasteiger partial charge in [0.15, 0.2) is 5.60 Å². The molecule has 0 aliphatic carbocycles. The zero-order chi connectivity index (χ0) is 13.7. The van der Waals surface area contributed by atoms with Crippen molar-refractivity contribution in [3.05, 3.63) is 29.8 Å². The van der Waals surface area contributed by atoms with Crippen molar-refractivity contribution in [2.75, 3.05) is 24.7 Å². The predicted molar refractivity (Wildman–Crippen MR) is 69.3 cm³/mol. The smallest absolute Gasteiger partial charge is 0.412 e. The van der Waals surface area contributed by atoms with E-state index in [1.807, 2.05) is 18.2 Å². The highest BCUT2D eigenvalue weighted by atomic mass is 32.2. The summed E-state index contributed by atoms with van der Waals surface area (Å²) in [5, 5.41) is 2.64. The van der Waals surface area contributed by atoms with Crippen molar-refractivity contribution >= 4 is 21.8 Å². The van der Waals surface area contributed by atoms with Crippen LogP contribution >= 0.6 is 0 Å². The van der Waals surface area contributed by atoms with Crippen LogP contribution in [-0.2, 0) is 20.4 Å². The van der Waals surface area contributed by atoms with Gasteiger partial charge in [-0.05, 0) is 6.07 Å². The number of anilines is 1. The summed E-state index contributed by atoms with van der Waals surface area (Å²) < 4.78 is 30.0. The topological polar surface area (TPSA) is 75.7 Å². The summed E-state index contributed by atoms with van der Waals surface area (Å²) in [5.41, 5.74) is 0.664. The summed E-state index contributed by atoms with van der Waals surface area (Å²) in [4.78, 5) is 11.6. The Morgan fingerprint density at radius 2 is 2.11 bits per heavy atom. The van der Waals surface area contributed by atoms with Crippen LogP contribution in [0.25, 0.3) is 0 Å². The lowest BCUT2D eigenvalue weighted by molar-refractivity contribution is 0.0238. The third kappa shape index (κ3) is 1.98. The minimum Gasteiger partial charge on any atom is -0.436 e. The molecule has 3 rings (SSSR count). The lowest BCUT2D eigenvalue weighted by Gasteiger charge is -2.35. The van der Waals surface area contributed by atoms with Crippen LogP contribution in [0.2, 0.25) is 0 Å². The van der Waals surface area contributed by atoms with E-state index in [0.717, 1.165) is 5.56 Å². The highest BCUT2D eigenvalue weighted by Gasteiger charge is 2.49. The normalized spacial score (nSPS) is 26.9. The second kappa shape index (κ2) is 3.94. The highest BCUT2D eigenvalue weighted by molar-refractivity contribution is 7.88. The number of carbonyl (C=O) groups excluding carboxylic acids is 1. The molecule has 2 aliphatic rings. The Balaban J connectivity index is 2.04. The molecule has 0 bridgehead atoms. The van der Waals surface area contributed by atoms with Crippen LogP contribution in [0, 0.1) is 0 Å². The van der Waals surface area contributed by atoms with Crippen LogP contribution in [0.3, 0.4) is 0 Å². The number of ether oxygens (including phenoxy) is 1. The Morgan fingerprint density at radius 1 is 1.37 bits per heavy atom. The fraction of sp³-hybridized carbons (Fsp3) is 0.417. The summed E-state index contributed by atoms with van der Waals surface area (Å²) in [6, 6.07) is 7.33. The average molecular weight is 282 g/mol. The monoisotopic (exact) mass is 282 g/mol. The van der Waals surface area contributed by atoms with Gasteiger partial charge in [-0.25, -0.2) is 13.2 Å². The van der Waals surface area contributed by atoms with Gasteiger partial charge in [0.05, 0.1) is 18.5 Å². The number of para-hydroxylation sites is 1. The van der Waals surface area contributed by atoms with Gasteiger partial charge in [0.2, 0.25) is 10.0 Å². The molecule has 1 unspecified atom stereocenters. The van der Waals surface area contributed by atoms with Crippen LogP contribution in [-0.4, -0.2) is 38.2 Å². The van der Waals surface area contributed by atoms with E-state index < -0.39 is 21.7 Å². The zero-order valence-corrected chi connectivity index (χ0v) is 11.2. The van der Waals surface area contributed by atoms with Gasteiger partial charge in [0.25, 0.3) is 0 Å². The number of rotatable bonds is 1. The molecule has 6 nitrogen and oxygen atoms in total. The fourth-order valence-corrected chi connectivity index (χ4v) is 3.56. The molecule has 0 aromatic heterocycles. The van der Waals surface area contributed by atoms with Crippen LogP contribution in [0.1, 0.15) is 12.0 Å². The molecule has 19 heavy (non-hydrogen) atoms. The summed E-state index contributed by atoms with van der Waals surface area (Å²) in [7, 11) is -3.28. The van der Waals surface area contributed by atoms with Crippen molar-refractivity contribution in [2.45, 2.75) is 12.0 Å². The Bertz CT molecular complexity index is 643. The fourth-order valence-electron chi connectivity index (χ4n) is 2.69. The van der Waals surface area contributed by atoms with Gasteiger partial charge in [-0.3, -0.25) is 5.32 Å². The SMILES string of the molecule is CS(=O)(=O)N1CCC2(C1)OC(=O)Nc1ccccc12. The average Bonchev–Trinajstić information content (AvgIpc) is 2.73. The van der Waals surface area contributed by atoms with Crippen molar-refractivity contribution in [2.24, 2.45) is 0 Å². The standard InChI is InChI=1S/C12H14N2O4S/c1-19(16,17)14-7-6-12(8-14)9-4-2-3-5-10(9)13-11(15)18-12/h2-5H,6-8H2,1H3,(H,13,15). The third-order valence-corrected chi connectivity index (χ3v) is 4.86. The molecule has 0 radical (unpaired) electrons. The molecule has 1 N–H and O–H groups in total. The quantitative estimate of drug-likeness (QED) is 0.837. The molecule has 7 heteroatoms. The summed E-state index contributed by atoms with van der Waals surface area (Å²) in [6.07, 6.45) is 1.11. The molecule has 1 amide bonds. The van der Waals surface area contributed by atoms with E-state index in [9.17, 15) is 13.2 Å². The predicted octanol–water partition coefficient (Wildman–Crippen LogP) is 1.11. The lowest BCUT2D eigenvalue weighted by atomic mass is 9.90. The number of nitrogens with one attached hydrogen (secondary N) is 1. The molecule has 0 saturated carbocycles. The van der Waals surface area contributed by atoms with Gasteiger partial charge in [-0.2, -0.15) is 4.31 Å². The number of hydrogen-bond donors (Lipinski definition) is 1. The first-order valence-corrected chi connectivity index (χ1v) is 7.80.